The summed E-state index contributed by atoms with van der Waals surface area (Å²) in [4.78, 5) is 12.5. The summed E-state index contributed by atoms with van der Waals surface area (Å²) in [5.41, 5.74) is 2.86. The Kier molecular flexibility index (Phi) is 3.93. The number of methoxy groups -OCH3 is 1. The average Bonchev–Trinajstić information content (AvgIpc) is 3.27. The van der Waals surface area contributed by atoms with E-state index in [4.69, 9.17) is 4.74 Å². The van der Waals surface area contributed by atoms with Gasteiger partial charge in [0.1, 0.15) is 18.4 Å². The van der Waals surface area contributed by atoms with Gasteiger partial charge in [0.2, 0.25) is 5.91 Å². The highest BCUT2D eigenvalue weighted by Crippen LogP contribution is 2.48. The molecule has 1 aromatic heterocycles. The van der Waals surface area contributed by atoms with E-state index in [1.807, 2.05) is 48.5 Å². The zero-order valence-corrected chi connectivity index (χ0v) is 13.8. The topological polar surface area (TPSA) is 69.0 Å². The number of ether oxygens (including phenoxy) is 1. The van der Waals surface area contributed by atoms with Crippen LogP contribution in [-0.2, 0) is 4.79 Å². The fraction of sp³-hybridized carbons (Fsp3) is 0.211. The molecule has 0 radical (unpaired) electrons. The Labute approximate surface area is 145 Å². The first-order chi connectivity index (χ1) is 12.2. The van der Waals surface area contributed by atoms with Crippen molar-refractivity contribution in [2.75, 3.05) is 12.4 Å². The van der Waals surface area contributed by atoms with Crippen molar-refractivity contribution in [3.05, 3.63) is 66.7 Å². The normalized spacial score (nSPS) is 18.6. The van der Waals surface area contributed by atoms with Crippen LogP contribution in [0, 0.1) is 5.92 Å². The molecule has 6 heteroatoms. The number of rotatable bonds is 5. The molecule has 25 heavy (non-hydrogen) atoms. The molecular formula is C19H18N4O2. The summed E-state index contributed by atoms with van der Waals surface area (Å²) in [6, 6.07) is 15.6. The van der Waals surface area contributed by atoms with Gasteiger partial charge < -0.3 is 10.1 Å². The third kappa shape index (κ3) is 3.24. The molecule has 1 heterocycles. The van der Waals surface area contributed by atoms with E-state index < -0.39 is 0 Å². The summed E-state index contributed by atoms with van der Waals surface area (Å²) in [5, 5.41) is 10.6. The van der Waals surface area contributed by atoms with Gasteiger partial charge in [-0.3, -0.25) is 9.36 Å². The highest BCUT2D eigenvalue weighted by atomic mass is 16.5. The van der Waals surface area contributed by atoms with Crippen LogP contribution in [-0.4, -0.2) is 27.8 Å². The summed E-state index contributed by atoms with van der Waals surface area (Å²) < 4.78 is 6.97. The molecule has 2 atom stereocenters. The molecule has 4 rings (SSSR count). The number of carbonyl (C=O) groups is 1. The first-order valence-corrected chi connectivity index (χ1v) is 8.14. The first kappa shape index (κ1) is 15.4. The number of hydrogen-bond acceptors (Lipinski definition) is 4. The quantitative estimate of drug-likeness (QED) is 0.779. The Balaban J connectivity index is 1.42. The molecular weight excluding hydrogens is 316 g/mol. The van der Waals surface area contributed by atoms with Crippen molar-refractivity contribution in [1.82, 2.24) is 14.8 Å². The van der Waals surface area contributed by atoms with E-state index in [0.29, 0.717) is 0 Å². The Hall–Kier alpha value is -3.15. The average molecular weight is 334 g/mol. The van der Waals surface area contributed by atoms with Gasteiger partial charge in [-0.25, -0.2) is 0 Å². The van der Waals surface area contributed by atoms with Gasteiger partial charge in [0.15, 0.2) is 0 Å². The van der Waals surface area contributed by atoms with Gasteiger partial charge in [-0.1, -0.05) is 18.2 Å². The van der Waals surface area contributed by atoms with E-state index in [1.54, 1.807) is 24.3 Å². The van der Waals surface area contributed by atoms with E-state index in [1.165, 1.54) is 5.56 Å². The minimum absolute atomic E-state index is 0.0203. The van der Waals surface area contributed by atoms with Crippen LogP contribution in [0.25, 0.3) is 5.69 Å². The van der Waals surface area contributed by atoms with Gasteiger partial charge in [-0.15, -0.1) is 10.2 Å². The van der Waals surface area contributed by atoms with Crippen molar-refractivity contribution in [2.45, 2.75) is 12.3 Å². The molecule has 2 aromatic carbocycles. The van der Waals surface area contributed by atoms with Crippen LogP contribution in [0.3, 0.4) is 0 Å². The number of carbonyl (C=O) groups excluding carboxylic acids is 1. The van der Waals surface area contributed by atoms with Gasteiger partial charge in [0.25, 0.3) is 0 Å². The lowest BCUT2D eigenvalue weighted by molar-refractivity contribution is -0.117. The second-order valence-corrected chi connectivity index (χ2v) is 6.13. The standard InChI is InChI=1S/C19H18N4O2/c1-25-16-7-5-13(6-8-16)17-10-18(17)19(24)22-14-3-2-4-15(9-14)23-11-20-21-12-23/h2-9,11-12,17-18H,10H2,1H3,(H,22,24)/t17-,18+/m1/s1. The number of amides is 1. The minimum Gasteiger partial charge on any atom is -0.497 e. The van der Waals surface area contributed by atoms with Crippen molar-refractivity contribution in [1.29, 1.82) is 0 Å². The van der Waals surface area contributed by atoms with Crippen LogP contribution < -0.4 is 10.1 Å². The predicted octanol–water partition coefficient (Wildman–Crippen LogP) is 3.02. The number of benzene rings is 2. The van der Waals surface area contributed by atoms with Crippen molar-refractivity contribution in [2.24, 2.45) is 5.92 Å². The molecule has 0 spiro atoms. The highest BCUT2D eigenvalue weighted by Gasteiger charge is 2.43. The molecule has 1 aliphatic carbocycles. The summed E-state index contributed by atoms with van der Waals surface area (Å²) in [7, 11) is 1.65. The number of aromatic nitrogens is 3. The molecule has 1 N–H and O–H groups in total. The Bertz CT molecular complexity index is 875. The van der Waals surface area contributed by atoms with Crippen LogP contribution in [0.5, 0.6) is 5.75 Å². The van der Waals surface area contributed by atoms with Crippen molar-refractivity contribution in [3.63, 3.8) is 0 Å². The van der Waals surface area contributed by atoms with Gasteiger partial charge in [0, 0.05) is 11.6 Å². The lowest BCUT2D eigenvalue weighted by Crippen LogP contribution is -2.14. The SMILES string of the molecule is COc1ccc([C@H]2C[C@@H]2C(=O)Nc2cccc(-n3cnnc3)c2)cc1. The van der Waals surface area contributed by atoms with E-state index in [9.17, 15) is 4.79 Å². The van der Waals surface area contributed by atoms with Crippen LogP contribution >= 0.6 is 0 Å². The second-order valence-electron chi connectivity index (χ2n) is 6.13. The second kappa shape index (κ2) is 6.39. The molecule has 0 bridgehead atoms. The number of nitrogens with one attached hydrogen (secondary N) is 1. The monoisotopic (exact) mass is 334 g/mol. The smallest absolute Gasteiger partial charge is 0.228 e. The summed E-state index contributed by atoms with van der Waals surface area (Å²) in [6.07, 6.45) is 4.13. The molecule has 1 amide bonds. The molecule has 0 aliphatic heterocycles. The van der Waals surface area contributed by atoms with E-state index >= 15 is 0 Å². The van der Waals surface area contributed by atoms with Gasteiger partial charge >= 0.3 is 0 Å². The summed E-state index contributed by atoms with van der Waals surface area (Å²) in [6.45, 7) is 0. The lowest BCUT2D eigenvalue weighted by atomic mass is 10.1. The zero-order valence-electron chi connectivity index (χ0n) is 13.8. The van der Waals surface area contributed by atoms with Crippen LogP contribution in [0.4, 0.5) is 5.69 Å². The van der Waals surface area contributed by atoms with Crippen LogP contribution in [0.2, 0.25) is 0 Å². The fourth-order valence-corrected chi connectivity index (χ4v) is 3.02. The molecule has 6 nitrogen and oxygen atoms in total. The minimum atomic E-state index is 0.0203. The molecule has 1 aliphatic rings. The van der Waals surface area contributed by atoms with Gasteiger partial charge in [-0.2, -0.15) is 0 Å². The van der Waals surface area contributed by atoms with E-state index in [-0.39, 0.29) is 17.7 Å². The molecule has 1 saturated carbocycles. The van der Waals surface area contributed by atoms with Crippen molar-refractivity contribution < 1.29 is 9.53 Å². The molecule has 0 saturated heterocycles. The first-order valence-electron chi connectivity index (χ1n) is 8.14. The lowest BCUT2D eigenvalue weighted by Gasteiger charge is -2.08. The molecule has 1 fully saturated rings. The van der Waals surface area contributed by atoms with Crippen molar-refractivity contribution in [3.8, 4) is 11.4 Å². The fourth-order valence-electron chi connectivity index (χ4n) is 3.02. The van der Waals surface area contributed by atoms with Crippen molar-refractivity contribution >= 4 is 11.6 Å². The maximum Gasteiger partial charge on any atom is 0.228 e. The number of anilines is 1. The largest absolute Gasteiger partial charge is 0.497 e. The third-order valence-corrected chi connectivity index (χ3v) is 4.50. The Morgan fingerprint density at radius 1 is 1.16 bits per heavy atom. The Morgan fingerprint density at radius 3 is 2.64 bits per heavy atom. The summed E-state index contributed by atoms with van der Waals surface area (Å²) >= 11 is 0. The molecule has 0 unspecified atom stereocenters. The maximum absolute atomic E-state index is 12.5. The third-order valence-electron chi connectivity index (χ3n) is 4.50. The van der Waals surface area contributed by atoms with E-state index in [0.717, 1.165) is 23.5 Å². The van der Waals surface area contributed by atoms with Gasteiger partial charge in [0.05, 0.1) is 12.8 Å². The molecule has 3 aromatic rings. The van der Waals surface area contributed by atoms with Crippen LogP contribution in [0.15, 0.2) is 61.2 Å². The van der Waals surface area contributed by atoms with E-state index in [2.05, 4.69) is 15.5 Å². The highest BCUT2D eigenvalue weighted by molar-refractivity contribution is 5.95. The number of hydrogen-bond donors (Lipinski definition) is 1. The maximum atomic E-state index is 12.5. The summed E-state index contributed by atoms with van der Waals surface area (Å²) in [5.74, 6) is 1.19. The van der Waals surface area contributed by atoms with Crippen LogP contribution in [0.1, 0.15) is 17.9 Å². The predicted molar refractivity (Wildman–Crippen MR) is 93.8 cm³/mol. The molecule has 126 valence electrons. The Morgan fingerprint density at radius 2 is 1.92 bits per heavy atom. The zero-order chi connectivity index (χ0) is 17.2. The number of nitrogens with zero attached hydrogens (tertiary/aromatic N) is 3. The van der Waals surface area contributed by atoms with Gasteiger partial charge in [-0.05, 0) is 48.2 Å².